The fourth-order valence-corrected chi connectivity index (χ4v) is 5.39. The highest BCUT2D eigenvalue weighted by Crippen LogP contribution is 2.41. The van der Waals surface area contributed by atoms with Crippen LogP contribution in [0.4, 0.5) is 0 Å². The van der Waals surface area contributed by atoms with E-state index in [0.717, 1.165) is 12.5 Å². The van der Waals surface area contributed by atoms with Gasteiger partial charge in [-0.05, 0) is 44.9 Å². The van der Waals surface area contributed by atoms with Crippen molar-refractivity contribution in [2.24, 2.45) is 5.92 Å². The van der Waals surface area contributed by atoms with Crippen molar-refractivity contribution in [1.29, 1.82) is 0 Å². The summed E-state index contributed by atoms with van der Waals surface area (Å²) >= 11 is 0. The Morgan fingerprint density at radius 3 is 2.60 bits per heavy atom. The van der Waals surface area contributed by atoms with Gasteiger partial charge in [0.2, 0.25) is 0 Å². The van der Waals surface area contributed by atoms with Gasteiger partial charge < -0.3 is 4.74 Å². The first-order valence-electron chi connectivity index (χ1n) is 6.62. The summed E-state index contributed by atoms with van der Waals surface area (Å²) < 4.78 is 6.26. The van der Waals surface area contributed by atoms with Crippen molar-refractivity contribution in [1.82, 2.24) is 0 Å². The quantitative estimate of drug-likeness (QED) is 0.670. The molecule has 15 heavy (non-hydrogen) atoms. The Labute approximate surface area is 96.1 Å². The van der Waals surface area contributed by atoms with Crippen molar-refractivity contribution >= 4 is 9.52 Å². The Morgan fingerprint density at radius 1 is 1.20 bits per heavy atom. The number of ether oxygens (including phenoxy) is 1. The minimum atomic E-state index is -0.174. The third kappa shape index (κ3) is 2.54. The van der Waals surface area contributed by atoms with Crippen LogP contribution in [-0.2, 0) is 4.74 Å². The minimum absolute atomic E-state index is 0.174. The van der Waals surface area contributed by atoms with Gasteiger partial charge in [0.1, 0.15) is 0 Å². The molecule has 1 nitrogen and oxygen atoms in total. The Balaban J connectivity index is 2.05. The topological polar surface area (TPSA) is 9.23 Å². The van der Waals surface area contributed by atoms with Gasteiger partial charge in [-0.3, -0.25) is 0 Å². The predicted octanol–water partition coefficient (Wildman–Crippen LogP) is 2.78. The van der Waals surface area contributed by atoms with E-state index in [1.165, 1.54) is 44.9 Å². The largest absolute Gasteiger partial charge is 0.379 e. The van der Waals surface area contributed by atoms with Crippen LogP contribution in [0.5, 0.6) is 0 Å². The molecule has 1 unspecified atom stereocenters. The lowest BCUT2D eigenvalue weighted by Crippen LogP contribution is -2.47. The molecule has 2 rings (SSSR count). The Morgan fingerprint density at radius 2 is 2.00 bits per heavy atom. The van der Waals surface area contributed by atoms with Crippen LogP contribution >= 0.6 is 0 Å². The van der Waals surface area contributed by atoms with Crippen LogP contribution in [0.25, 0.3) is 0 Å². The van der Waals surface area contributed by atoms with E-state index in [2.05, 4.69) is 18.7 Å². The molecule has 2 aliphatic rings. The molecule has 1 aliphatic heterocycles. The predicted molar refractivity (Wildman–Crippen MR) is 67.9 cm³/mol. The van der Waals surface area contributed by atoms with Crippen LogP contribution in [0, 0.1) is 5.92 Å². The first-order chi connectivity index (χ1) is 7.37. The van der Waals surface area contributed by atoms with E-state index in [1.807, 2.05) is 0 Å². The second-order valence-corrected chi connectivity index (χ2v) is 7.20. The number of rotatable bonds is 3. The Hall–Kier alpha value is -0.0831. The van der Waals surface area contributed by atoms with Gasteiger partial charge in [0, 0.05) is 6.61 Å². The molecule has 0 aromatic heterocycles. The summed E-state index contributed by atoms with van der Waals surface area (Å²) in [5, 5.41) is 0.362. The van der Waals surface area contributed by atoms with Gasteiger partial charge in [-0.1, -0.05) is 18.9 Å². The van der Waals surface area contributed by atoms with Crippen LogP contribution in [0.1, 0.15) is 51.9 Å². The molecular formula is C13H24OSi. The molecule has 86 valence electrons. The molecule has 1 atom stereocenters. The maximum Gasteiger partial charge on any atom is 0.0833 e. The van der Waals surface area contributed by atoms with Crippen molar-refractivity contribution in [3.63, 3.8) is 0 Å². The lowest BCUT2D eigenvalue weighted by molar-refractivity contribution is -0.0558. The fourth-order valence-electron chi connectivity index (χ4n) is 3.29. The van der Waals surface area contributed by atoms with Crippen molar-refractivity contribution in [2.45, 2.75) is 57.1 Å². The Bertz CT molecular complexity index is 213. The molecule has 0 aromatic rings. The van der Waals surface area contributed by atoms with E-state index in [1.54, 1.807) is 0 Å². The maximum absolute atomic E-state index is 6.26. The highest BCUT2D eigenvalue weighted by Gasteiger charge is 2.41. The third-order valence-electron chi connectivity index (χ3n) is 4.18. The molecule has 0 aromatic carbocycles. The van der Waals surface area contributed by atoms with E-state index >= 15 is 0 Å². The van der Waals surface area contributed by atoms with Crippen molar-refractivity contribution in [3.05, 3.63) is 11.8 Å². The molecular weight excluding hydrogens is 200 g/mol. The summed E-state index contributed by atoms with van der Waals surface area (Å²) in [4.78, 5) is 0. The SMILES string of the molecule is CC=C[SiH2]C1(C2CCCC2)CCCCO1. The van der Waals surface area contributed by atoms with Gasteiger partial charge in [-0.2, -0.15) is 0 Å². The van der Waals surface area contributed by atoms with E-state index in [0.29, 0.717) is 5.22 Å². The van der Waals surface area contributed by atoms with E-state index in [9.17, 15) is 0 Å². The summed E-state index contributed by atoms with van der Waals surface area (Å²) in [6, 6.07) is 0. The van der Waals surface area contributed by atoms with Gasteiger partial charge >= 0.3 is 0 Å². The van der Waals surface area contributed by atoms with Gasteiger partial charge in [0.05, 0.1) is 14.7 Å². The van der Waals surface area contributed by atoms with Crippen molar-refractivity contribution in [3.8, 4) is 0 Å². The smallest absolute Gasteiger partial charge is 0.0833 e. The lowest BCUT2D eigenvalue weighted by Gasteiger charge is -2.41. The highest BCUT2D eigenvalue weighted by molar-refractivity contribution is 6.46. The van der Waals surface area contributed by atoms with Gasteiger partial charge in [-0.25, -0.2) is 0 Å². The Kier molecular flexibility index (Phi) is 4.03. The minimum Gasteiger partial charge on any atom is -0.379 e. The van der Waals surface area contributed by atoms with Crippen LogP contribution in [-0.4, -0.2) is 21.4 Å². The first kappa shape index (κ1) is 11.4. The average molecular weight is 224 g/mol. The molecule has 2 fully saturated rings. The van der Waals surface area contributed by atoms with Crippen LogP contribution in [0.2, 0.25) is 0 Å². The van der Waals surface area contributed by atoms with Gasteiger partial charge in [0.25, 0.3) is 0 Å². The van der Waals surface area contributed by atoms with E-state index in [4.69, 9.17) is 4.74 Å². The van der Waals surface area contributed by atoms with Crippen LogP contribution in [0.3, 0.4) is 0 Å². The number of hydrogen-bond acceptors (Lipinski definition) is 1. The van der Waals surface area contributed by atoms with E-state index < -0.39 is 0 Å². The molecule has 1 aliphatic carbocycles. The van der Waals surface area contributed by atoms with Crippen LogP contribution in [0.15, 0.2) is 11.8 Å². The molecule has 0 N–H and O–H groups in total. The first-order valence-corrected chi connectivity index (χ1v) is 8.15. The maximum atomic E-state index is 6.26. The second kappa shape index (κ2) is 5.31. The monoisotopic (exact) mass is 224 g/mol. The summed E-state index contributed by atoms with van der Waals surface area (Å²) in [5.74, 6) is 0.903. The molecule has 1 heterocycles. The zero-order valence-electron chi connectivity index (χ0n) is 10.0. The second-order valence-electron chi connectivity index (χ2n) is 5.12. The average Bonchev–Trinajstić information content (AvgIpc) is 2.82. The molecule has 1 saturated heterocycles. The highest BCUT2D eigenvalue weighted by atomic mass is 28.2. The zero-order chi connectivity index (χ0) is 10.6. The normalized spacial score (nSPS) is 34.7. The molecule has 1 saturated carbocycles. The lowest BCUT2D eigenvalue weighted by atomic mass is 9.93. The molecule has 0 spiro atoms. The molecule has 0 bridgehead atoms. The van der Waals surface area contributed by atoms with Crippen LogP contribution < -0.4 is 0 Å². The summed E-state index contributed by atoms with van der Waals surface area (Å²) in [6.07, 6.45) is 12.0. The van der Waals surface area contributed by atoms with E-state index in [-0.39, 0.29) is 9.52 Å². The number of allylic oxidation sites excluding steroid dienone is 1. The summed E-state index contributed by atoms with van der Waals surface area (Å²) in [5.41, 5.74) is 2.45. The molecule has 2 heteroatoms. The fraction of sp³-hybridized carbons (Fsp3) is 0.846. The van der Waals surface area contributed by atoms with Crippen molar-refractivity contribution in [2.75, 3.05) is 6.61 Å². The summed E-state index contributed by atoms with van der Waals surface area (Å²) in [6.45, 7) is 3.18. The standard InChI is InChI=1S/C13H24OSi/c1-2-11-15-13(9-5-6-10-14-13)12-7-3-4-8-12/h2,11-12H,3-10,15H2,1H3. The van der Waals surface area contributed by atoms with Gasteiger partial charge in [0.15, 0.2) is 0 Å². The molecule has 0 amide bonds. The van der Waals surface area contributed by atoms with Gasteiger partial charge in [-0.15, -0.1) is 5.70 Å². The number of hydrogen-bond donors (Lipinski definition) is 0. The van der Waals surface area contributed by atoms with Crippen molar-refractivity contribution < 1.29 is 4.74 Å². The third-order valence-corrected chi connectivity index (χ3v) is 6.72. The summed E-state index contributed by atoms with van der Waals surface area (Å²) in [7, 11) is -0.174. The zero-order valence-corrected chi connectivity index (χ0v) is 11.4. The molecule has 0 radical (unpaired) electrons.